The van der Waals surface area contributed by atoms with Gasteiger partial charge in [0.2, 0.25) is 0 Å². The summed E-state index contributed by atoms with van der Waals surface area (Å²) >= 11 is 0. The summed E-state index contributed by atoms with van der Waals surface area (Å²) in [6.07, 6.45) is 1.88. The van der Waals surface area contributed by atoms with E-state index in [-0.39, 0.29) is 12.2 Å². The molecule has 1 amide bonds. The van der Waals surface area contributed by atoms with Crippen molar-refractivity contribution >= 4 is 6.09 Å². The van der Waals surface area contributed by atoms with Gasteiger partial charge in [0, 0.05) is 26.2 Å². The van der Waals surface area contributed by atoms with Gasteiger partial charge in [-0.25, -0.2) is 4.79 Å². The van der Waals surface area contributed by atoms with Crippen LogP contribution in [-0.4, -0.2) is 43.3 Å². The second kappa shape index (κ2) is 5.86. The maximum Gasteiger partial charge on any atom is 0.410 e. The molecule has 0 aromatic heterocycles. The Morgan fingerprint density at radius 1 is 1.50 bits per heavy atom. The molecule has 82 valence electrons. The van der Waals surface area contributed by atoms with Gasteiger partial charge in [-0.2, -0.15) is 0 Å². The maximum atomic E-state index is 11.6. The van der Waals surface area contributed by atoms with E-state index in [0.717, 1.165) is 39.0 Å². The lowest BCUT2D eigenvalue weighted by Gasteiger charge is -2.27. The van der Waals surface area contributed by atoms with E-state index < -0.39 is 0 Å². The Bertz CT molecular complexity index is 179. The third kappa shape index (κ3) is 3.54. The molecule has 1 N–H and O–H groups in total. The van der Waals surface area contributed by atoms with Crippen molar-refractivity contribution in [2.24, 2.45) is 0 Å². The monoisotopic (exact) mass is 200 g/mol. The SMILES string of the molecule is CCCC(C)OC(=O)N1CCNCC1. The van der Waals surface area contributed by atoms with Crippen molar-refractivity contribution in [3.8, 4) is 0 Å². The summed E-state index contributed by atoms with van der Waals surface area (Å²) in [7, 11) is 0. The summed E-state index contributed by atoms with van der Waals surface area (Å²) in [5, 5.41) is 3.20. The van der Waals surface area contributed by atoms with E-state index in [2.05, 4.69) is 12.2 Å². The molecule has 1 saturated heterocycles. The molecule has 1 fully saturated rings. The summed E-state index contributed by atoms with van der Waals surface area (Å²) in [4.78, 5) is 13.3. The lowest BCUT2D eigenvalue weighted by atomic mass is 10.2. The van der Waals surface area contributed by atoms with Crippen molar-refractivity contribution in [3.63, 3.8) is 0 Å². The highest BCUT2D eigenvalue weighted by molar-refractivity contribution is 5.67. The van der Waals surface area contributed by atoms with E-state index in [0.29, 0.717) is 0 Å². The average Bonchev–Trinajstić information content (AvgIpc) is 2.19. The maximum absolute atomic E-state index is 11.6. The van der Waals surface area contributed by atoms with Crippen molar-refractivity contribution in [1.82, 2.24) is 10.2 Å². The van der Waals surface area contributed by atoms with Crippen LogP contribution in [0.25, 0.3) is 0 Å². The minimum Gasteiger partial charge on any atom is -0.446 e. The highest BCUT2D eigenvalue weighted by Gasteiger charge is 2.18. The second-order valence-electron chi connectivity index (χ2n) is 3.72. The van der Waals surface area contributed by atoms with E-state index >= 15 is 0 Å². The molecule has 1 aliphatic heterocycles. The predicted molar refractivity (Wildman–Crippen MR) is 55.3 cm³/mol. The molecule has 0 bridgehead atoms. The molecule has 0 spiro atoms. The number of ether oxygens (including phenoxy) is 1. The molecular formula is C10H20N2O2. The fourth-order valence-electron chi connectivity index (χ4n) is 1.56. The Morgan fingerprint density at radius 3 is 2.71 bits per heavy atom. The first-order valence-corrected chi connectivity index (χ1v) is 5.40. The molecular weight excluding hydrogens is 180 g/mol. The van der Waals surface area contributed by atoms with Crippen LogP contribution in [0.1, 0.15) is 26.7 Å². The lowest BCUT2D eigenvalue weighted by Crippen LogP contribution is -2.47. The summed E-state index contributed by atoms with van der Waals surface area (Å²) < 4.78 is 5.29. The predicted octanol–water partition coefficient (Wildman–Crippen LogP) is 1.22. The van der Waals surface area contributed by atoms with Crippen LogP contribution in [0.5, 0.6) is 0 Å². The van der Waals surface area contributed by atoms with Crippen LogP contribution in [0.4, 0.5) is 4.79 Å². The number of carbonyl (C=O) groups excluding carboxylic acids is 1. The van der Waals surface area contributed by atoms with Gasteiger partial charge in [-0.15, -0.1) is 0 Å². The minimum atomic E-state index is -0.160. The quantitative estimate of drug-likeness (QED) is 0.744. The van der Waals surface area contributed by atoms with Crippen molar-refractivity contribution in [2.45, 2.75) is 32.8 Å². The molecule has 0 saturated carbocycles. The van der Waals surface area contributed by atoms with E-state index in [1.165, 1.54) is 0 Å². The first-order chi connectivity index (χ1) is 6.74. The average molecular weight is 200 g/mol. The number of hydrogen-bond donors (Lipinski definition) is 1. The molecule has 0 radical (unpaired) electrons. The molecule has 1 rings (SSSR count). The van der Waals surface area contributed by atoms with Gasteiger partial charge in [-0.1, -0.05) is 13.3 Å². The lowest BCUT2D eigenvalue weighted by molar-refractivity contribution is 0.0630. The van der Waals surface area contributed by atoms with Crippen LogP contribution in [0, 0.1) is 0 Å². The van der Waals surface area contributed by atoms with Gasteiger partial charge in [0.05, 0.1) is 0 Å². The fourth-order valence-corrected chi connectivity index (χ4v) is 1.56. The number of carbonyl (C=O) groups is 1. The number of nitrogens with zero attached hydrogens (tertiary/aromatic N) is 1. The first kappa shape index (κ1) is 11.3. The van der Waals surface area contributed by atoms with E-state index in [9.17, 15) is 4.79 Å². The summed E-state index contributed by atoms with van der Waals surface area (Å²) in [6, 6.07) is 0. The van der Waals surface area contributed by atoms with Crippen LogP contribution in [0.3, 0.4) is 0 Å². The van der Waals surface area contributed by atoms with Gasteiger partial charge in [-0.05, 0) is 13.3 Å². The van der Waals surface area contributed by atoms with Crippen molar-refractivity contribution < 1.29 is 9.53 Å². The largest absolute Gasteiger partial charge is 0.446 e. The Labute approximate surface area is 85.6 Å². The Balaban J connectivity index is 2.25. The number of piperazine rings is 1. The Kier molecular flexibility index (Phi) is 4.73. The van der Waals surface area contributed by atoms with Crippen LogP contribution in [-0.2, 0) is 4.74 Å². The Morgan fingerprint density at radius 2 is 2.14 bits per heavy atom. The molecule has 0 aromatic carbocycles. The standard InChI is InChI=1S/C10H20N2O2/c1-3-4-9(2)14-10(13)12-7-5-11-6-8-12/h9,11H,3-8H2,1-2H3. The normalized spacial score (nSPS) is 19.1. The zero-order valence-electron chi connectivity index (χ0n) is 9.08. The molecule has 1 unspecified atom stereocenters. The van der Waals surface area contributed by atoms with Gasteiger partial charge in [0.25, 0.3) is 0 Å². The van der Waals surface area contributed by atoms with Crippen LogP contribution in [0.2, 0.25) is 0 Å². The summed E-state index contributed by atoms with van der Waals surface area (Å²) in [6.45, 7) is 7.31. The van der Waals surface area contributed by atoms with E-state index in [4.69, 9.17) is 4.74 Å². The molecule has 0 aliphatic carbocycles. The smallest absolute Gasteiger partial charge is 0.410 e. The summed E-state index contributed by atoms with van der Waals surface area (Å²) in [5.74, 6) is 0. The topological polar surface area (TPSA) is 41.6 Å². The van der Waals surface area contributed by atoms with Gasteiger partial charge >= 0.3 is 6.09 Å². The summed E-state index contributed by atoms with van der Waals surface area (Å²) in [5.41, 5.74) is 0. The highest BCUT2D eigenvalue weighted by Crippen LogP contribution is 2.05. The molecule has 1 aliphatic rings. The van der Waals surface area contributed by atoms with E-state index in [1.807, 2.05) is 6.92 Å². The molecule has 0 aromatic rings. The number of hydrogen-bond acceptors (Lipinski definition) is 3. The minimum absolute atomic E-state index is 0.0439. The van der Waals surface area contributed by atoms with Crippen molar-refractivity contribution in [3.05, 3.63) is 0 Å². The molecule has 4 heteroatoms. The zero-order valence-corrected chi connectivity index (χ0v) is 9.08. The second-order valence-corrected chi connectivity index (χ2v) is 3.72. The molecule has 1 atom stereocenters. The Hall–Kier alpha value is -0.770. The molecule has 4 nitrogen and oxygen atoms in total. The van der Waals surface area contributed by atoms with Crippen molar-refractivity contribution in [1.29, 1.82) is 0 Å². The highest BCUT2D eigenvalue weighted by atomic mass is 16.6. The van der Waals surface area contributed by atoms with Gasteiger partial charge in [0.1, 0.15) is 6.10 Å². The van der Waals surface area contributed by atoms with Crippen LogP contribution in [0.15, 0.2) is 0 Å². The van der Waals surface area contributed by atoms with E-state index in [1.54, 1.807) is 4.90 Å². The zero-order chi connectivity index (χ0) is 10.4. The number of amides is 1. The third-order valence-corrected chi connectivity index (χ3v) is 2.37. The first-order valence-electron chi connectivity index (χ1n) is 5.40. The van der Waals surface area contributed by atoms with Crippen molar-refractivity contribution in [2.75, 3.05) is 26.2 Å². The fraction of sp³-hybridized carbons (Fsp3) is 0.900. The van der Waals surface area contributed by atoms with Gasteiger partial charge in [0.15, 0.2) is 0 Å². The molecule has 1 heterocycles. The molecule has 14 heavy (non-hydrogen) atoms. The van der Waals surface area contributed by atoms with Gasteiger partial charge in [-0.3, -0.25) is 0 Å². The number of nitrogens with one attached hydrogen (secondary N) is 1. The van der Waals surface area contributed by atoms with Crippen LogP contribution >= 0.6 is 0 Å². The third-order valence-electron chi connectivity index (χ3n) is 2.37. The van der Waals surface area contributed by atoms with Gasteiger partial charge < -0.3 is 15.0 Å². The number of rotatable bonds is 3. The van der Waals surface area contributed by atoms with Crippen LogP contribution < -0.4 is 5.32 Å².